The van der Waals surface area contributed by atoms with E-state index in [1.54, 1.807) is 0 Å². The molecule has 0 aliphatic carbocycles. The maximum absolute atomic E-state index is 13.1. The van der Waals surface area contributed by atoms with Gasteiger partial charge in [0.1, 0.15) is 23.3 Å². The third-order valence-corrected chi connectivity index (χ3v) is 4.91. The molecule has 28 heavy (non-hydrogen) atoms. The van der Waals surface area contributed by atoms with Gasteiger partial charge in [0.2, 0.25) is 0 Å². The normalized spacial score (nSPS) is 14.2. The molecule has 1 aliphatic heterocycles. The van der Waals surface area contributed by atoms with Crippen LogP contribution in [0.2, 0.25) is 0 Å². The second-order valence-corrected chi connectivity index (χ2v) is 7.10. The summed E-state index contributed by atoms with van der Waals surface area (Å²) < 4.78 is 13.1. The number of halogens is 1. The number of hydrogen-bond donors (Lipinski definition) is 1. The number of rotatable bonds is 4. The number of aromatic nitrogens is 2. The summed E-state index contributed by atoms with van der Waals surface area (Å²) in [7, 11) is 0. The third-order valence-electron chi connectivity index (χ3n) is 4.91. The summed E-state index contributed by atoms with van der Waals surface area (Å²) >= 11 is 0. The van der Waals surface area contributed by atoms with Crippen LogP contribution in [0.3, 0.4) is 0 Å². The minimum absolute atomic E-state index is 0.201. The Morgan fingerprint density at radius 2 is 1.57 bits per heavy atom. The molecule has 0 atom stereocenters. The van der Waals surface area contributed by atoms with Crippen molar-refractivity contribution in [1.82, 2.24) is 9.97 Å². The number of piperazine rings is 1. The van der Waals surface area contributed by atoms with Crippen molar-refractivity contribution < 1.29 is 4.39 Å². The van der Waals surface area contributed by atoms with E-state index in [4.69, 9.17) is 0 Å². The summed E-state index contributed by atoms with van der Waals surface area (Å²) in [6.45, 7) is 7.45. The average molecular weight is 377 g/mol. The molecule has 0 spiro atoms. The highest BCUT2D eigenvalue weighted by Crippen LogP contribution is 2.23. The van der Waals surface area contributed by atoms with E-state index in [2.05, 4.69) is 44.1 Å². The van der Waals surface area contributed by atoms with E-state index in [1.165, 1.54) is 17.7 Å². The molecular weight excluding hydrogens is 353 g/mol. The lowest BCUT2D eigenvalue weighted by atomic mass is 10.2. The van der Waals surface area contributed by atoms with Crippen LogP contribution in [0.1, 0.15) is 11.4 Å². The van der Waals surface area contributed by atoms with Crippen LogP contribution in [0.25, 0.3) is 0 Å². The molecule has 0 bridgehead atoms. The standard InChI is InChI=1S/C22H24FN5/c1-16-4-3-5-19(14-16)26-21-15-22(25-17(2)24-21)28-12-10-27(11-13-28)20-8-6-18(23)7-9-20/h3-9,14-15H,10-13H2,1-2H3,(H,24,25,26). The summed E-state index contributed by atoms with van der Waals surface area (Å²) in [6.07, 6.45) is 0. The minimum Gasteiger partial charge on any atom is -0.368 e. The number of nitrogens with one attached hydrogen (secondary N) is 1. The average Bonchev–Trinajstić information content (AvgIpc) is 2.68. The van der Waals surface area contributed by atoms with Gasteiger partial charge in [-0.15, -0.1) is 0 Å². The molecule has 1 aliphatic rings. The molecule has 144 valence electrons. The fraction of sp³-hybridized carbons (Fsp3) is 0.273. The third kappa shape index (κ3) is 4.22. The Labute approximate surface area is 164 Å². The van der Waals surface area contributed by atoms with Crippen LogP contribution in [0.4, 0.5) is 27.4 Å². The Bertz CT molecular complexity index is 949. The van der Waals surface area contributed by atoms with Gasteiger partial charge < -0.3 is 15.1 Å². The molecule has 1 fully saturated rings. The lowest BCUT2D eigenvalue weighted by Crippen LogP contribution is -2.46. The summed E-state index contributed by atoms with van der Waals surface area (Å²) in [4.78, 5) is 13.7. The molecule has 1 aromatic heterocycles. The highest BCUT2D eigenvalue weighted by Gasteiger charge is 2.19. The molecule has 3 aromatic rings. The maximum Gasteiger partial charge on any atom is 0.136 e. The molecule has 0 saturated carbocycles. The molecule has 0 unspecified atom stereocenters. The van der Waals surface area contributed by atoms with E-state index in [9.17, 15) is 4.39 Å². The molecule has 5 nitrogen and oxygen atoms in total. The van der Waals surface area contributed by atoms with Gasteiger partial charge in [-0.3, -0.25) is 0 Å². The summed E-state index contributed by atoms with van der Waals surface area (Å²) in [5.41, 5.74) is 3.28. The first-order valence-electron chi connectivity index (χ1n) is 9.52. The number of nitrogens with zero attached hydrogens (tertiary/aromatic N) is 4. The fourth-order valence-electron chi connectivity index (χ4n) is 3.49. The van der Waals surface area contributed by atoms with Crippen LogP contribution in [-0.2, 0) is 0 Å². The first-order valence-corrected chi connectivity index (χ1v) is 9.52. The molecule has 0 radical (unpaired) electrons. The van der Waals surface area contributed by atoms with E-state index < -0.39 is 0 Å². The lowest BCUT2D eigenvalue weighted by molar-refractivity contribution is 0.624. The predicted molar refractivity (Wildman–Crippen MR) is 112 cm³/mol. The van der Waals surface area contributed by atoms with Crippen molar-refractivity contribution in [3.8, 4) is 0 Å². The second kappa shape index (κ2) is 7.84. The van der Waals surface area contributed by atoms with Crippen molar-refractivity contribution >= 4 is 23.0 Å². The van der Waals surface area contributed by atoms with Crippen LogP contribution >= 0.6 is 0 Å². The highest BCUT2D eigenvalue weighted by molar-refractivity contribution is 5.61. The zero-order chi connectivity index (χ0) is 19.5. The van der Waals surface area contributed by atoms with Gasteiger partial charge in [0.05, 0.1) is 0 Å². The van der Waals surface area contributed by atoms with Crippen molar-refractivity contribution in [2.24, 2.45) is 0 Å². The topological polar surface area (TPSA) is 44.3 Å². The van der Waals surface area contributed by atoms with Gasteiger partial charge in [-0.1, -0.05) is 12.1 Å². The van der Waals surface area contributed by atoms with Gasteiger partial charge in [-0.2, -0.15) is 0 Å². The van der Waals surface area contributed by atoms with E-state index in [1.807, 2.05) is 37.3 Å². The maximum atomic E-state index is 13.1. The van der Waals surface area contributed by atoms with Crippen LogP contribution in [0, 0.1) is 19.7 Å². The quantitative estimate of drug-likeness (QED) is 0.734. The van der Waals surface area contributed by atoms with Gasteiger partial charge in [0.25, 0.3) is 0 Å². The summed E-state index contributed by atoms with van der Waals surface area (Å²) in [6, 6.07) is 16.9. The van der Waals surface area contributed by atoms with Crippen LogP contribution in [0.5, 0.6) is 0 Å². The fourth-order valence-corrected chi connectivity index (χ4v) is 3.49. The molecule has 1 N–H and O–H groups in total. The second-order valence-electron chi connectivity index (χ2n) is 7.10. The molecule has 4 rings (SSSR count). The smallest absolute Gasteiger partial charge is 0.136 e. The van der Waals surface area contributed by atoms with Crippen LogP contribution < -0.4 is 15.1 Å². The number of anilines is 4. The van der Waals surface area contributed by atoms with Gasteiger partial charge in [0.15, 0.2) is 0 Å². The molecule has 0 amide bonds. The minimum atomic E-state index is -0.201. The van der Waals surface area contributed by atoms with Crippen molar-refractivity contribution in [2.45, 2.75) is 13.8 Å². The van der Waals surface area contributed by atoms with Crippen molar-refractivity contribution in [3.05, 3.63) is 71.8 Å². The van der Waals surface area contributed by atoms with E-state index >= 15 is 0 Å². The van der Waals surface area contributed by atoms with Crippen molar-refractivity contribution in [3.63, 3.8) is 0 Å². The van der Waals surface area contributed by atoms with E-state index in [-0.39, 0.29) is 5.82 Å². The molecule has 2 aromatic carbocycles. The van der Waals surface area contributed by atoms with Crippen molar-refractivity contribution in [1.29, 1.82) is 0 Å². The molecular formula is C22H24FN5. The van der Waals surface area contributed by atoms with Crippen LogP contribution in [-0.4, -0.2) is 36.1 Å². The number of benzene rings is 2. The Morgan fingerprint density at radius 1 is 0.857 bits per heavy atom. The first-order chi connectivity index (χ1) is 13.6. The zero-order valence-electron chi connectivity index (χ0n) is 16.2. The SMILES string of the molecule is Cc1cccc(Nc2cc(N3CCN(c4ccc(F)cc4)CC3)nc(C)n2)c1. The number of hydrogen-bond acceptors (Lipinski definition) is 5. The predicted octanol–water partition coefficient (Wildman–Crippen LogP) is 4.30. The zero-order valence-corrected chi connectivity index (χ0v) is 16.2. The monoisotopic (exact) mass is 377 g/mol. The highest BCUT2D eigenvalue weighted by atomic mass is 19.1. The lowest BCUT2D eigenvalue weighted by Gasteiger charge is -2.36. The van der Waals surface area contributed by atoms with Crippen LogP contribution in [0.15, 0.2) is 54.6 Å². The van der Waals surface area contributed by atoms with Gasteiger partial charge in [0, 0.05) is 43.6 Å². The van der Waals surface area contributed by atoms with Gasteiger partial charge in [-0.25, -0.2) is 14.4 Å². The molecule has 1 saturated heterocycles. The molecule has 6 heteroatoms. The Morgan fingerprint density at radius 3 is 2.29 bits per heavy atom. The number of aryl methyl sites for hydroxylation is 2. The first kappa shape index (κ1) is 18.2. The summed E-state index contributed by atoms with van der Waals surface area (Å²) in [5.74, 6) is 2.27. The van der Waals surface area contributed by atoms with E-state index in [0.717, 1.165) is 55.0 Å². The summed E-state index contributed by atoms with van der Waals surface area (Å²) in [5, 5.41) is 3.38. The van der Waals surface area contributed by atoms with Gasteiger partial charge in [-0.05, 0) is 55.8 Å². The Hall–Kier alpha value is -3.15. The Balaban J connectivity index is 1.46. The van der Waals surface area contributed by atoms with E-state index in [0.29, 0.717) is 0 Å². The van der Waals surface area contributed by atoms with Gasteiger partial charge >= 0.3 is 0 Å². The van der Waals surface area contributed by atoms with Crippen molar-refractivity contribution in [2.75, 3.05) is 41.3 Å². The largest absolute Gasteiger partial charge is 0.368 e. The Kier molecular flexibility index (Phi) is 5.10. The molecule has 2 heterocycles.